The first-order chi connectivity index (χ1) is 9.08. The highest BCUT2D eigenvalue weighted by molar-refractivity contribution is 5.49. The Hall–Kier alpha value is -1.09. The van der Waals surface area contributed by atoms with Crippen LogP contribution in [0.15, 0.2) is 18.2 Å². The number of rotatable bonds is 8. The maximum atomic E-state index is 13.8. The molecule has 0 aliphatic rings. The van der Waals surface area contributed by atoms with Crippen molar-refractivity contribution in [3.8, 4) is 0 Å². The second kappa shape index (κ2) is 8.16. The van der Waals surface area contributed by atoms with Crippen LogP contribution < -0.4 is 10.2 Å². The summed E-state index contributed by atoms with van der Waals surface area (Å²) in [4.78, 5) is 2.05. The summed E-state index contributed by atoms with van der Waals surface area (Å²) in [5.74, 6) is 0.585. The van der Waals surface area contributed by atoms with Gasteiger partial charge in [-0.1, -0.05) is 19.9 Å². The van der Waals surface area contributed by atoms with Gasteiger partial charge in [-0.15, -0.1) is 0 Å². The molecule has 19 heavy (non-hydrogen) atoms. The van der Waals surface area contributed by atoms with Gasteiger partial charge in [0.15, 0.2) is 0 Å². The Bertz CT molecular complexity index is 373. The van der Waals surface area contributed by atoms with E-state index in [0.29, 0.717) is 11.6 Å². The molecule has 0 bridgehead atoms. The molecular formula is C16H27FN2. The highest BCUT2D eigenvalue weighted by atomic mass is 19.1. The van der Waals surface area contributed by atoms with Crippen LogP contribution >= 0.6 is 0 Å². The molecule has 0 amide bonds. The van der Waals surface area contributed by atoms with E-state index in [1.54, 1.807) is 6.07 Å². The Kier molecular flexibility index (Phi) is 6.85. The molecule has 0 atom stereocenters. The first kappa shape index (κ1) is 16.0. The lowest BCUT2D eigenvalue weighted by atomic mass is 10.1. The molecule has 0 heterocycles. The van der Waals surface area contributed by atoms with Gasteiger partial charge in [0, 0.05) is 19.6 Å². The van der Waals surface area contributed by atoms with E-state index in [-0.39, 0.29) is 5.82 Å². The first-order valence-electron chi connectivity index (χ1n) is 7.32. The molecule has 108 valence electrons. The molecule has 1 rings (SSSR count). The van der Waals surface area contributed by atoms with Crippen molar-refractivity contribution in [3.63, 3.8) is 0 Å². The fourth-order valence-electron chi connectivity index (χ4n) is 2.10. The molecule has 1 N–H and O–H groups in total. The molecule has 3 heteroatoms. The van der Waals surface area contributed by atoms with Crippen molar-refractivity contribution in [1.29, 1.82) is 0 Å². The number of hydrogen-bond donors (Lipinski definition) is 1. The van der Waals surface area contributed by atoms with Gasteiger partial charge in [-0.05, 0) is 50.4 Å². The second-order valence-electron chi connectivity index (χ2n) is 5.32. The predicted molar refractivity (Wildman–Crippen MR) is 81.1 cm³/mol. The van der Waals surface area contributed by atoms with Crippen LogP contribution in [-0.4, -0.2) is 19.6 Å². The van der Waals surface area contributed by atoms with E-state index in [0.717, 1.165) is 31.7 Å². The van der Waals surface area contributed by atoms with Crippen molar-refractivity contribution in [1.82, 2.24) is 5.32 Å². The summed E-state index contributed by atoms with van der Waals surface area (Å²) in [6.07, 6.45) is 1.17. The van der Waals surface area contributed by atoms with Gasteiger partial charge in [-0.2, -0.15) is 0 Å². The Morgan fingerprint density at radius 3 is 2.47 bits per heavy atom. The average molecular weight is 266 g/mol. The monoisotopic (exact) mass is 266 g/mol. The summed E-state index contributed by atoms with van der Waals surface area (Å²) >= 11 is 0. The van der Waals surface area contributed by atoms with Crippen molar-refractivity contribution in [2.75, 3.05) is 24.5 Å². The molecule has 0 fully saturated rings. The zero-order valence-electron chi connectivity index (χ0n) is 12.7. The van der Waals surface area contributed by atoms with Crippen LogP contribution in [0.3, 0.4) is 0 Å². The number of nitrogens with zero attached hydrogens (tertiary/aromatic N) is 1. The van der Waals surface area contributed by atoms with Crippen molar-refractivity contribution in [3.05, 3.63) is 29.6 Å². The van der Waals surface area contributed by atoms with E-state index in [2.05, 4.69) is 33.0 Å². The fraction of sp³-hybridized carbons (Fsp3) is 0.625. The quantitative estimate of drug-likeness (QED) is 0.720. The second-order valence-corrected chi connectivity index (χ2v) is 5.32. The fourth-order valence-corrected chi connectivity index (χ4v) is 2.10. The summed E-state index contributed by atoms with van der Waals surface area (Å²) < 4.78 is 13.8. The van der Waals surface area contributed by atoms with Crippen molar-refractivity contribution < 1.29 is 4.39 Å². The first-order valence-corrected chi connectivity index (χ1v) is 7.32. The minimum absolute atomic E-state index is 0.130. The van der Waals surface area contributed by atoms with Gasteiger partial charge < -0.3 is 10.2 Å². The third-order valence-corrected chi connectivity index (χ3v) is 3.34. The molecule has 0 aliphatic carbocycles. The number of halogens is 1. The van der Waals surface area contributed by atoms with Crippen LogP contribution in [0, 0.1) is 11.7 Å². The van der Waals surface area contributed by atoms with Crippen LogP contribution in [0.25, 0.3) is 0 Å². The topological polar surface area (TPSA) is 15.3 Å². The minimum atomic E-state index is -0.130. The van der Waals surface area contributed by atoms with Gasteiger partial charge in [0.05, 0.1) is 5.69 Å². The van der Waals surface area contributed by atoms with Crippen LogP contribution in [0.4, 0.5) is 10.1 Å². The summed E-state index contributed by atoms with van der Waals surface area (Å²) in [5, 5.41) is 3.41. The van der Waals surface area contributed by atoms with Gasteiger partial charge in [-0.3, -0.25) is 0 Å². The molecule has 0 unspecified atom stereocenters. The standard InChI is InChI=1S/C16H27FN2/c1-5-19(6-2)16-11-14(7-8-15(16)17)12-18-10-9-13(3)4/h7-8,11,13,18H,5-6,9-10,12H2,1-4H3. The summed E-state index contributed by atoms with van der Waals surface area (Å²) in [6, 6.07) is 5.41. The molecule has 0 aromatic heterocycles. The predicted octanol–water partition coefficient (Wildman–Crippen LogP) is 3.81. The molecule has 0 spiro atoms. The maximum Gasteiger partial charge on any atom is 0.146 e. The largest absolute Gasteiger partial charge is 0.370 e. The average Bonchev–Trinajstić information content (AvgIpc) is 2.39. The highest BCUT2D eigenvalue weighted by Crippen LogP contribution is 2.20. The molecule has 0 radical (unpaired) electrons. The van der Waals surface area contributed by atoms with Gasteiger partial charge in [0.1, 0.15) is 5.82 Å². The van der Waals surface area contributed by atoms with Gasteiger partial charge >= 0.3 is 0 Å². The third-order valence-electron chi connectivity index (χ3n) is 3.34. The minimum Gasteiger partial charge on any atom is -0.370 e. The van der Waals surface area contributed by atoms with E-state index in [4.69, 9.17) is 0 Å². The smallest absolute Gasteiger partial charge is 0.146 e. The van der Waals surface area contributed by atoms with Crippen molar-refractivity contribution in [2.45, 2.75) is 40.7 Å². The van der Waals surface area contributed by atoms with Gasteiger partial charge in [0.2, 0.25) is 0 Å². The molecule has 0 saturated heterocycles. The van der Waals surface area contributed by atoms with Crippen molar-refractivity contribution in [2.24, 2.45) is 5.92 Å². The Balaban J connectivity index is 2.62. The molecule has 1 aromatic carbocycles. The summed E-state index contributed by atoms with van der Waals surface area (Å²) in [7, 11) is 0. The number of anilines is 1. The molecule has 0 saturated carbocycles. The lowest BCUT2D eigenvalue weighted by Gasteiger charge is -2.22. The van der Waals surface area contributed by atoms with E-state index in [1.165, 1.54) is 6.42 Å². The van der Waals surface area contributed by atoms with Gasteiger partial charge in [0.25, 0.3) is 0 Å². The normalized spacial score (nSPS) is 11.1. The zero-order valence-corrected chi connectivity index (χ0v) is 12.7. The van der Waals surface area contributed by atoms with E-state index >= 15 is 0 Å². The van der Waals surface area contributed by atoms with E-state index in [1.807, 2.05) is 17.0 Å². The zero-order chi connectivity index (χ0) is 14.3. The SMILES string of the molecule is CCN(CC)c1cc(CNCCC(C)C)ccc1F. The maximum absolute atomic E-state index is 13.8. The Labute approximate surface area is 117 Å². The number of nitrogens with one attached hydrogen (secondary N) is 1. The third kappa shape index (κ3) is 5.19. The Morgan fingerprint density at radius 2 is 1.89 bits per heavy atom. The number of hydrogen-bond acceptors (Lipinski definition) is 2. The van der Waals surface area contributed by atoms with Gasteiger partial charge in [-0.25, -0.2) is 4.39 Å². The van der Waals surface area contributed by atoms with E-state index in [9.17, 15) is 4.39 Å². The van der Waals surface area contributed by atoms with Crippen LogP contribution in [0.2, 0.25) is 0 Å². The van der Waals surface area contributed by atoms with Crippen LogP contribution in [0.1, 0.15) is 39.7 Å². The van der Waals surface area contributed by atoms with Crippen LogP contribution in [0.5, 0.6) is 0 Å². The highest BCUT2D eigenvalue weighted by Gasteiger charge is 2.09. The Morgan fingerprint density at radius 1 is 1.21 bits per heavy atom. The lowest BCUT2D eigenvalue weighted by Crippen LogP contribution is -2.23. The molecule has 2 nitrogen and oxygen atoms in total. The summed E-state index contributed by atoms with van der Waals surface area (Å²) in [6.45, 7) is 12.0. The molecule has 0 aliphatic heterocycles. The van der Waals surface area contributed by atoms with E-state index < -0.39 is 0 Å². The molecule has 1 aromatic rings. The lowest BCUT2D eigenvalue weighted by molar-refractivity contribution is 0.537. The van der Waals surface area contributed by atoms with Crippen LogP contribution in [-0.2, 0) is 6.54 Å². The van der Waals surface area contributed by atoms with Crippen molar-refractivity contribution >= 4 is 5.69 Å². The summed E-state index contributed by atoms with van der Waals surface area (Å²) in [5.41, 5.74) is 1.86. The molecular weight excluding hydrogens is 239 g/mol. The number of benzene rings is 1.